The van der Waals surface area contributed by atoms with E-state index >= 15 is 0 Å². The van der Waals surface area contributed by atoms with E-state index in [0.717, 1.165) is 24.3 Å². The number of nitriles is 1. The van der Waals surface area contributed by atoms with Gasteiger partial charge in [0, 0.05) is 36.5 Å². The Labute approximate surface area is 113 Å². The van der Waals surface area contributed by atoms with Gasteiger partial charge in [0.15, 0.2) is 0 Å². The second-order valence-electron chi connectivity index (χ2n) is 4.94. The van der Waals surface area contributed by atoms with Gasteiger partial charge in [0.25, 0.3) is 0 Å². The van der Waals surface area contributed by atoms with Crippen molar-refractivity contribution in [3.8, 4) is 6.07 Å². The van der Waals surface area contributed by atoms with Crippen LogP contribution in [0.4, 0.5) is 5.69 Å². The number of aliphatic imine (C=N–C) groups is 1. The minimum Gasteiger partial charge on any atom is -0.383 e. The number of amidine groups is 1. The molecule has 0 spiro atoms. The fourth-order valence-electron chi connectivity index (χ4n) is 2.00. The van der Waals surface area contributed by atoms with E-state index in [1.54, 1.807) is 6.08 Å². The van der Waals surface area contributed by atoms with Gasteiger partial charge in [-0.15, -0.1) is 0 Å². The van der Waals surface area contributed by atoms with E-state index in [-0.39, 0.29) is 6.04 Å². The van der Waals surface area contributed by atoms with Crippen LogP contribution in [0, 0.1) is 11.3 Å². The van der Waals surface area contributed by atoms with Crippen LogP contribution in [0.25, 0.3) is 0 Å². The molecule has 1 aromatic carbocycles. The van der Waals surface area contributed by atoms with Gasteiger partial charge in [0.2, 0.25) is 0 Å². The Balaban J connectivity index is 2.05. The zero-order valence-electron chi connectivity index (χ0n) is 11.3. The van der Waals surface area contributed by atoms with Crippen LogP contribution in [0.15, 0.2) is 40.9 Å². The number of hydrogen-bond acceptors (Lipinski definition) is 3. The molecule has 0 unspecified atom stereocenters. The maximum absolute atomic E-state index is 8.56. The Morgan fingerprint density at radius 2 is 2.00 bits per heavy atom. The summed E-state index contributed by atoms with van der Waals surface area (Å²) < 4.78 is 0. The van der Waals surface area contributed by atoms with Crippen LogP contribution in [0.1, 0.15) is 19.4 Å². The van der Waals surface area contributed by atoms with E-state index in [1.165, 1.54) is 5.57 Å². The molecule has 0 saturated carbocycles. The van der Waals surface area contributed by atoms with Gasteiger partial charge in [-0.3, -0.25) is 4.99 Å². The van der Waals surface area contributed by atoms with Crippen molar-refractivity contribution >= 4 is 11.5 Å². The van der Waals surface area contributed by atoms with Crippen molar-refractivity contribution in [1.82, 2.24) is 0 Å². The second-order valence-corrected chi connectivity index (χ2v) is 4.94. The third-order valence-electron chi connectivity index (χ3n) is 2.98. The zero-order valence-corrected chi connectivity index (χ0v) is 11.3. The van der Waals surface area contributed by atoms with Crippen LogP contribution in [0.2, 0.25) is 0 Å². The van der Waals surface area contributed by atoms with E-state index in [4.69, 9.17) is 11.0 Å². The molecule has 1 aliphatic heterocycles. The molecule has 4 heteroatoms. The monoisotopic (exact) mass is 254 g/mol. The highest BCUT2D eigenvalue weighted by molar-refractivity contribution is 5.97. The summed E-state index contributed by atoms with van der Waals surface area (Å²) in [6.45, 7) is 5.68. The molecule has 19 heavy (non-hydrogen) atoms. The van der Waals surface area contributed by atoms with E-state index < -0.39 is 0 Å². The number of anilines is 1. The van der Waals surface area contributed by atoms with Crippen molar-refractivity contribution in [2.24, 2.45) is 10.7 Å². The molecule has 0 radical (unpaired) electrons. The van der Waals surface area contributed by atoms with Crippen LogP contribution >= 0.6 is 0 Å². The van der Waals surface area contributed by atoms with Crippen molar-refractivity contribution in [3.63, 3.8) is 0 Å². The molecule has 0 atom stereocenters. The standard InChI is InChI=1S/C15H18N4/c1-11(2)18-15(17)13-3-5-14(6-4-13)19-9-12(10-19)7-8-16/h3-7,11H,9-10H2,1-2H3,(H2,17,18). The molecule has 1 aromatic rings. The predicted molar refractivity (Wildman–Crippen MR) is 78.2 cm³/mol. The second kappa shape index (κ2) is 5.57. The molecule has 4 nitrogen and oxygen atoms in total. The summed E-state index contributed by atoms with van der Waals surface area (Å²) in [6, 6.07) is 10.3. The first-order chi connectivity index (χ1) is 9.10. The Morgan fingerprint density at radius 1 is 1.37 bits per heavy atom. The van der Waals surface area contributed by atoms with Crippen LogP contribution in [0.3, 0.4) is 0 Å². The molecule has 98 valence electrons. The van der Waals surface area contributed by atoms with Gasteiger partial charge in [-0.25, -0.2) is 0 Å². The number of nitrogens with two attached hydrogens (primary N) is 1. The lowest BCUT2D eigenvalue weighted by molar-refractivity contribution is 0.772. The summed E-state index contributed by atoms with van der Waals surface area (Å²) in [7, 11) is 0. The number of nitrogens with zero attached hydrogens (tertiary/aromatic N) is 3. The molecule has 1 heterocycles. The van der Waals surface area contributed by atoms with Crippen molar-refractivity contribution < 1.29 is 0 Å². The topological polar surface area (TPSA) is 65.4 Å². The zero-order chi connectivity index (χ0) is 13.8. The van der Waals surface area contributed by atoms with Crippen LogP contribution in [0.5, 0.6) is 0 Å². The Bertz CT molecular complexity index is 539. The van der Waals surface area contributed by atoms with Crippen molar-refractivity contribution in [2.75, 3.05) is 18.0 Å². The highest BCUT2D eigenvalue weighted by Gasteiger charge is 2.19. The lowest BCUT2D eigenvalue weighted by atomic mass is 10.1. The van der Waals surface area contributed by atoms with Crippen LogP contribution in [-0.4, -0.2) is 25.0 Å². The fourth-order valence-corrected chi connectivity index (χ4v) is 2.00. The van der Waals surface area contributed by atoms with E-state index in [9.17, 15) is 0 Å². The molecular weight excluding hydrogens is 236 g/mol. The normalized spacial score (nSPS) is 15.2. The maximum Gasteiger partial charge on any atom is 0.125 e. The summed E-state index contributed by atoms with van der Waals surface area (Å²) >= 11 is 0. The highest BCUT2D eigenvalue weighted by atomic mass is 15.2. The quantitative estimate of drug-likeness (QED) is 0.510. The summed E-state index contributed by atoms with van der Waals surface area (Å²) in [5, 5.41) is 8.56. The SMILES string of the molecule is CC(C)N=C(N)c1ccc(N2CC(=CC#N)C2)cc1. The molecule has 1 aliphatic rings. The van der Waals surface area contributed by atoms with Gasteiger partial charge in [-0.1, -0.05) is 0 Å². The molecular formula is C15H18N4. The molecule has 0 bridgehead atoms. The van der Waals surface area contributed by atoms with E-state index in [2.05, 4.69) is 16.0 Å². The molecule has 0 aliphatic carbocycles. The highest BCUT2D eigenvalue weighted by Crippen LogP contribution is 2.24. The minimum absolute atomic E-state index is 0.203. The predicted octanol–water partition coefficient (Wildman–Crippen LogP) is 2.07. The number of hydrogen-bond donors (Lipinski definition) is 1. The van der Waals surface area contributed by atoms with Crippen molar-refractivity contribution in [1.29, 1.82) is 5.26 Å². The first-order valence-corrected chi connectivity index (χ1v) is 6.36. The Morgan fingerprint density at radius 3 is 2.53 bits per heavy atom. The molecule has 0 aromatic heterocycles. The first kappa shape index (κ1) is 13.2. The van der Waals surface area contributed by atoms with Crippen LogP contribution < -0.4 is 10.6 Å². The molecule has 1 fully saturated rings. The Kier molecular flexibility index (Phi) is 3.86. The largest absolute Gasteiger partial charge is 0.383 e. The summed E-state index contributed by atoms with van der Waals surface area (Å²) in [5.74, 6) is 0.579. The van der Waals surface area contributed by atoms with Gasteiger partial charge in [0.05, 0.1) is 6.07 Å². The van der Waals surface area contributed by atoms with Crippen molar-refractivity contribution in [3.05, 3.63) is 41.5 Å². The smallest absolute Gasteiger partial charge is 0.125 e. The van der Waals surface area contributed by atoms with Gasteiger partial charge in [-0.2, -0.15) is 5.26 Å². The summed E-state index contributed by atoms with van der Waals surface area (Å²) in [5.41, 5.74) is 9.19. The van der Waals surface area contributed by atoms with Gasteiger partial charge in [-0.05, 0) is 43.7 Å². The first-order valence-electron chi connectivity index (χ1n) is 6.36. The third-order valence-corrected chi connectivity index (χ3v) is 2.98. The lowest BCUT2D eigenvalue weighted by Gasteiger charge is -2.35. The van der Waals surface area contributed by atoms with Crippen LogP contribution in [-0.2, 0) is 0 Å². The van der Waals surface area contributed by atoms with Gasteiger partial charge >= 0.3 is 0 Å². The molecule has 1 saturated heterocycles. The summed E-state index contributed by atoms with van der Waals surface area (Å²) in [4.78, 5) is 6.54. The molecule has 2 rings (SSSR count). The van der Waals surface area contributed by atoms with Crippen molar-refractivity contribution in [2.45, 2.75) is 19.9 Å². The lowest BCUT2D eigenvalue weighted by Crippen LogP contribution is -2.40. The van der Waals surface area contributed by atoms with Gasteiger partial charge < -0.3 is 10.6 Å². The minimum atomic E-state index is 0.203. The van der Waals surface area contributed by atoms with E-state index in [1.807, 2.05) is 38.1 Å². The van der Waals surface area contributed by atoms with Gasteiger partial charge in [0.1, 0.15) is 5.84 Å². The average Bonchev–Trinajstić information content (AvgIpc) is 2.33. The Hall–Kier alpha value is -2.28. The number of allylic oxidation sites excluding steroid dienone is 1. The molecule has 2 N–H and O–H groups in total. The summed E-state index contributed by atoms with van der Waals surface area (Å²) in [6.07, 6.45) is 1.62. The average molecular weight is 254 g/mol. The number of rotatable bonds is 3. The van der Waals surface area contributed by atoms with E-state index in [0.29, 0.717) is 5.84 Å². The maximum atomic E-state index is 8.56. The fraction of sp³-hybridized carbons (Fsp3) is 0.333. The third kappa shape index (κ3) is 3.14. The molecule has 0 amide bonds. The number of benzene rings is 1.